The molecule has 0 fully saturated rings. The van der Waals surface area contributed by atoms with Crippen molar-refractivity contribution >= 4 is 22.8 Å². The van der Waals surface area contributed by atoms with E-state index in [9.17, 15) is 9.59 Å². The molecular weight excluding hydrogens is 410 g/mol. The summed E-state index contributed by atoms with van der Waals surface area (Å²) in [4.78, 5) is 33.4. The second-order valence-corrected chi connectivity index (χ2v) is 8.36. The molecule has 0 spiro atoms. The van der Waals surface area contributed by atoms with Crippen molar-refractivity contribution in [3.8, 4) is 11.5 Å². The number of benzene rings is 2. The van der Waals surface area contributed by atoms with Gasteiger partial charge in [0, 0.05) is 23.0 Å². The molecule has 2 aliphatic heterocycles. The molecule has 1 N–H and O–H groups in total. The number of carbonyl (C=O) groups is 2. The van der Waals surface area contributed by atoms with Crippen LogP contribution in [-0.2, 0) is 20.7 Å². The molecule has 3 aromatic rings. The number of nitrogens with zero attached hydrogens (tertiary/aromatic N) is 2. The first-order valence-corrected chi connectivity index (χ1v) is 10.5. The molecule has 2 aliphatic rings. The van der Waals surface area contributed by atoms with Crippen molar-refractivity contribution < 1.29 is 23.8 Å². The van der Waals surface area contributed by atoms with Gasteiger partial charge in [0.05, 0.1) is 19.7 Å². The highest BCUT2D eigenvalue weighted by Crippen LogP contribution is 2.44. The second-order valence-electron chi connectivity index (χ2n) is 8.36. The molecule has 2 aromatic carbocycles. The van der Waals surface area contributed by atoms with Crippen molar-refractivity contribution in [3.05, 3.63) is 59.3 Å². The van der Waals surface area contributed by atoms with E-state index in [0.717, 1.165) is 27.7 Å². The van der Waals surface area contributed by atoms with Gasteiger partial charge in [0.2, 0.25) is 12.7 Å². The molecule has 1 aromatic heterocycles. The molecule has 32 heavy (non-hydrogen) atoms. The lowest BCUT2D eigenvalue weighted by Crippen LogP contribution is -2.53. The van der Waals surface area contributed by atoms with E-state index >= 15 is 0 Å². The van der Waals surface area contributed by atoms with Crippen molar-refractivity contribution in [1.29, 1.82) is 0 Å². The van der Waals surface area contributed by atoms with Gasteiger partial charge < -0.3 is 29.0 Å². The van der Waals surface area contributed by atoms with Crippen LogP contribution < -0.4 is 9.47 Å². The zero-order valence-electron chi connectivity index (χ0n) is 18.3. The molecule has 8 nitrogen and oxygen atoms in total. The Balaban J connectivity index is 1.73. The number of rotatable bonds is 4. The summed E-state index contributed by atoms with van der Waals surface area (Å²) in [7, 11) is 5.02. The maximum absolute atomic E-state index is 13.5. The summed E-state index contributed by atoms with van der Waals surface area (Å²) in [6, 6.07) is 12.4. The van der Waals surface area contributed by atoms with E-state index in [0.29, 0.717) is 17.9 Å². The van der Waals surface area contributed by atoms with Gasteiger partial charge in [0.15, 0.2) is 11.5 Å². The predicted molar refractivity (Wildman–Crippen MR) is 118 cm³/mol. The zero-order chi connectivity index (χ0) is 22.4. The summed E-state index contributed by atoms with van der Waals surface area (Å²) in [6.45, 7) is 0.333. The Kier molecular flexibility index (Phi) is 5.01. The number of aromatic nitrogens is 1. The Hall–Kier alpha value is -3.52. The lowest BCUT2D eigenvalue weighted by molar-refractivity contribution is -0.155. The van der Waals surface area contributed by atoms with E-state index in [1.165, 1.54) is 7.11 Å². The molecule has 0 saturated heterocycles. The highest BCUT2D eigenvalue weighted by molar-refractivity contribution is 5.91. The van der Waals surface area contributed by atoms with Crippen LogP contribution in [-0.4, -0.2) is 67.2 Å². The van der Waals surface area contributed by atoms with Gasteiger partial charge in [-0.1, -0.05) is 24.3 Å². The molecule has 0 radical (unpaired) electrons. The van der Waals surface area contributed by atoms with Crippen molar-refractivity contribution in [2.24, 2.45) is 0 Å². The number of fused-ring (bicyclic) bond motifs is 4. The maximum atomic E-state index is 13.5. The van der Waals surface area contributed by atoms with Gasteiger partial charge in [0.1, 0.15) is 6.04 Å². The first kappa shape index (κ1) is 20.4. The minimum atomic E-state index is -0.741. The molecule has 2 atom stereocenters. The minimum Gasteiger partial charge on any atom is -0.467 e. The molecule has 0 aliphatic carbocycles. The zero-order valence-corrected chi connectivity index (χ0v) is 18.3. The van der Waals surface area contributed by atoms with Crippen molar-refractivity contribution in [1.82, 2.24) is 14.8 Å². The molecule has 1 amide bonds. The van der Waals surface area contributed by atoms with Crippen LogP contribution in [0.2, 0.25) is 0 Å². The Bertz CT molecular complexity index is 1200. The Morgan fingerprint density at radius 1 is 1.16 bits per heavy atom. The predicted octanol–water partition coefficient (Wildman–Crippen LogP) is 2.47. The van der Waals surface area contributed by atoms with Crippen LogP contribution in [0.15, 0.2) is 42.5 Å². The largest absolute Gasteiger partial charge is 0.467 e. The van der Waals surface area contributed by atoms with Gasteiger partial charge in [0.25, 0.3) is 0 Å². The normalized spacial score (nSPS) is 19.3. The summed E-state index contributed by atoms with van der Waals surface area (Å²) >= 11 is 0. The third kappa shape index (κ3) is 3.27. The number of nitrogens with one attached hydrogen (secondary N) is 1. The van der Waals surface area contributed by atoms with E-state index in [1.54, 1.807) is 9.80 Å². The number of amides is 1. The number of hydrogen-bond acceptors (Lipinski definition) is 6. The Morgan fingerprint density at radius 2 is 1.94 bits per heavy atom. The van der Waals surface area contributed by atoms with Crippen LogP contribution in [0, 0.1) is 0 Å². The summed E-state index contributed by atoms with van der Waals surface area (Å²) in [6.07, 6.45) is 0.381. The number of methoxy groups -OCH3 is 1. The minimum absolute atomic E-state index is 0.155. The summed E-state index contributed by atoms with van der Waals surface area (Å²) in [5.41, 5.74) is 3.72. The number of ether oxygens (including phenoxy) is 3. The first-order chi connectivity index (χ1) is 15.5. The molecule has 0 unspecified atom stereocenters. The fourth-order valence-electron chi connectivity index (χ4n) is 4.70. The number of aromatic amines is 1. The van der Waals surface area contributed by atoms with Crippen LogP contribution in [0.25, 0.3) is 10.9 Å². The van der Waals surface area contributed by atoms with E-state index in [-0.39, 0.29) is 19.2 Å². The van der Waals surface area contributed by atoms with Gasteiger partial charge in [-0.25, -0.2) is 4.79 Å². The van der Waals surface area contributed by atoms with Crippen LogP contribution >= 0.6 is 0 Å². The Morgan fingerprint density at radius 3 is 2.72 bits per heavy atom. The Labute approximate surface area is 185 Å². The summed E-state index contributed by atoms with van der Waals surface area (Å²) in [5, 5.41) is 1.04. The topological polar surface area (TPSA) is 84.1 Å². The molecule has 166 valence electrons. The van der Waals surface area contributed by atoms with Gasteiger partial charge in [-0.2, -0.15) is 0 Å². The smallest absolute Gasteiger partial charge is 0.328 e. The number of hydrogen-bond donors (Lipinski definition) is 1. The lowest BCUT2D eigenvalue weighted by Gasteiger charge is -2.41. The summed E-state index contributed by atoms with van der Waals surface area (Å²) < 4.78 is 16.2. The lowest BCUT2D eigenvalue weighted by atomic mass is 9.87. The van der Waals surface area contributed by atoms with Crippen LogP contribution in [0.4, 0.5) is 0 Å². The van der Waals surface area contributed by atoms with Gasteiger partial charge in [-0.15, -0.1) is 0 Å². The van der Waals surface area contributed by atoms with E-state index < -0.39 is 18.1 Å². The highest BCUT2D eigenvalue weighted by Gasteiger charge is 2.44. The number of likely N-dealkylation sites (N-methyl/N-ethyl adjacent to an activating group) is 1. The first-order valence-electron chi connectivity index (χ1n) is 10.5. The van der Waals surface area contributed by atoms with Gasteiger partial charge in [-0.3, -0.25) is 4.79 Å². The molecule has 8 heteroatoms. The maximum Gasteiger partial charge on any atom is 0.328 e. The quantitative estimate of drug-likeness (QED) is 0.634. The van der Waals surface area contributed by atoms with E-state index in [2.05, 4.69) is 4.98 Å². The second kappa shape index (κ2) is 7.87. The average Bonchev–Trinajstić information content (AvgIpc) is 3.40. The van der Waals surface area contributed by atoms with E-state index in [1.807, 2.05) is 56.6 Å². The van der Waals surface area contributed by atoms with Crippen molar-refractivity contribution in [2.75, 3.05) is 34.5 Å². The highest BCUT2D eigenvalue weighted by atomic mass is 16.7. The van der Waals surface area contributed by atoms with Crippen molar-refractivity contribution in [2.45, 2.75) is 18.5 Å². The van der Waals surface area contributed by atoms with Gasteiger partial charge >= 0.3 is 5.97 Å². The van der Waals surface area contributed by atoms with Crippen LogP contribution in [0.3, 0.4) is 0 Å². The van der Waals surface area contributed by atoms with Crippen LogP contribution in [0.1, 0.15) is 22.9 Å². The molecule has 0 bridgehead atoms. The number of esters is 1. The average molecular weight is 435 g/mol. The molecule has 0 saturated carbocycles. The molecule has 5 rings (SSSR count). The number of carbonyl (C=O) groups excluding carboxylic acids is 2. The van der Waals surface area contributed by atoms with Gasteiger partial charge in [-0.05, 0) is 43.4 Å². The van der Waals surface area contributed by atoms with Crippen LogP contribution in [0.5, 0.6) is 11.5 Å². The standard InChI is InChI=1S/C24H25N3O5/c1-26(2)12-21(28)27-18(24(29)30-3)11-16-15-6-4-5-7-17(15)25-22(16)23(27)14-8-9-19-20(10-14)32-13-31-19/h4-10,18,23,25H,11-13H2,1-3H3/t18-,23-/m1/s1. The van der Waals surface area contributed by atoms with E-state index in [4.69, 9.17) is 14.2 Å². The monoisotopic (exact) mass is 435 g/mol. The van der Waals surface area contributed by atoms with Crippen molar-refractivity contribution in [3.63, 3.8) is 0 Å². The fourth-order valence-corrected chi connectivity index (χ4v) is 4.70. The fraction of sp³-hybridized carbons (Fsp3) is 0.333. The number of para-hydroxylation sites is 1. The third-order valence-electron chi connectivity index (χ3n) is 6.06. The molecule has 3 heterocycles. The SMILES string of the molecule is COC(=O)[C@H]1Cc2c([nH]c3ccccc23)[C@@H](c2ccc3c(c2)OCO3)N1C(=O)CN(C)C. The number of H-pyrrole nitrogens is 1. The summed E-state index contributed by atoms with van der Waals surface area (Å²) in [5.74, 6) is 0.702. The molecular formula is C24H25N3O5. The third-order valence-corrected chi connectivity index (χ3v) is 6.06.